The lowest BCUT2D eigenvalue weighted by Gasteiger charge is -2.11. The van der Waals surface area contributed by atoms with Crippen molar-refractivity contribution in [2.75, 3.05) is 23.4 Å². The quantitative estimate of drug-likeness (QED) is 0.677. The van der Waals surface area contributed by atoms with Crippen molar-refractivity contribution in [3.63, 3.8) is 0 Å². The van der Waals surface area contributed by atoms with E-state index < -0.39 is 16.1 Å². The third kappa shape index (κ3) is 4.17. The summed E-state index contributed by atoms with van der Waals surface area (Å²) in [6.07, 6.45) is -0.246. The Kier molecular flexibility index (Phi) is 4.99. The molecule has 0 spiro atoms. The highest BCUT2D eigenvalue weighted by Crippen LogP contribution is 2.26. The van der Waals surface area contributed by atoms with Gasteiger partial charge in [0.25, 0.3) is 0 Å². The molecule has 2 heterocycles. The number of carboxylic acid groups (broad SMARTS) is 1. The predicted molar refractivity (Wildman–Crippen MR) is 85.1 cm³/mol. The molecule has 0 fully saturated rings. The van der Waals surface area contributed by atoms with Gasteiger partial charge >= 0.3 is 6.09 Å². The second kappa shape index (κ2) is 6.80. The standard InChI is InChI=1S/C12H16N6O5S/c1-18-11(14-12(19)20)10(15-17-18)8-5-4-7(16-24(3,21)22)9(13-8)6-23-2/h4-5,14,16H,6H2,1-3H3,(H,19,20). The number of aromatic nitrogens is 4. The zero-order valence-corrected chi connectivity index (χ0v) is 14.0. The fourth-order valence-electron chi connectivity index (χ4n) is 1.94. The molecule has 3 N–H and O–H groups in total. The number of nitrogens with zero attached hydrogens (tertiary/aromatic N) is 4. The van der Waals surface area contributed by atoms with Gasteiger partial charge < -0.3 is 9.84 Å². The van der Waals surface area contributed by atoms with Crippen molar-refractivity contribution < 1.29 is 23.1 Å². The highest BCUT2D eigenvalue weighted by molar-refractivity contribution is 7.92. The number of pyridine rings is 1. The number of ether oxygens (including phenoxy) is 1. The molecule has 0 bridgehead atoms. The van der Waals surface area contributed by atoms with E-state index in [0.717, 1.165) is 6.26 Å². The van der Waals surface area contributed by atoms with Crippen LogP contribution in [0.3, 0.4) is 0 Å². The summed E-state index contributed by atoms with van der Waals surface area (Å²) in [4.78, 5) is 15.2. The Bertz CT molecular complexity index is 863. The molecule has 2 aromatic rings. The molecule has 12 heteroatoms. The van der Waals surface area contributed by atoms with Gasteiger partial charge in [-0.2, -0.15) is 0 Å². The van der Waals surface area contributed by atoms with Crippen LogP contribution in [0.2, 0.25) is 0 Å². The van der Waals surface area contributed by atoms with Crippen LogP contribution in [0.1, 0.15) is 5.69 Å². The summed E-state index contributed by atoms with van der Waals surface area (Å²) in [7, 11) is -0.515. The fraction of sp³-hybridized carbons (Fsp3) is 0.333. The lowest BCUT2D eigenvalue weighted by molar-refractivity contribution is 0.182. The number of methoxy groups -OCH3 is 1. The second-order valence-electron chi connectivity index (χ2n) is 4.84. The summed E-state index contributed by atoms with van der Waals surface area (Å²) in [6.45, 7) is 0.0493. The largest absolute Gasteiger partial charge is 0.465 e. The topological polar surface area (TPSA) is 148 Å². The molecule has 0 saturated carbocycles. The highest BCUT2D eigenvalue weighted by atomic mass is 32.2. The molecule has 24 heavy (non-hydrogen) atoms. The molecule has 1 amide bonds. The van der Waals surface area contributed by atoms with Crippen LogP contribution >= 0.6 is 0 Å². The van der Waals surface area contributed by atoms with Crippen molar-refractivity contribution in [1.82, 2.24) is 20.0 Å². The van der Waals surface area contributed by atoms with Crippen molar-refractivity contribution in [1.29, 1.82) is 0 Å². The Morgan fingerprint density at radius 2 is 2.12 bits per heavy atom. The van der Waals surface area contributed by atoms with Crippen molar-refractivity contribution in [2.24, 2.45) is 7.05 Å². The number of aryl methyl sites for hydroxylation is 1. The molecule has 0 radical (unpaired) electrons. The third-order valence-electron chi connectivity index (χ3n) is 2.85. The van der Waals surface area contributed by atoms with Gasteiger partial charge in [0.2, 0.25) is 10.0 Å². The summed E-state index contributed by atoms with van der Waals surface area (Å²) < 4.78 is 31.4. The molecular formula is C12H16N6O5S. The maximum absolute atomic E-state index is 11.4. The molecule has 130 valence electrons. The van der Waals surface area contributed by atoms with Crippen LogP contribution in [0.5, 0.6) is 0 Å². The molecule has 2 rings (SSSR count). The van der Waals surface area contributed by atoms with Crippen molar-refractivity contribution in [3.05, 3.63) is 17.8 Å². The maximum atomic E-state index is 11.4. The highest BCUT2D eigenvalue weighted by Gasteiger charge is 2.18. The average molecular weight is 356 g/mol. The van der Waals surface area contributed by atoms with E-state index in [9.17, 15) is 13.2 Å². The summed E-state index contributed by atoms with van der Waals surface area (Å²) in [6, 6.07) is 3.00. The molecule has 2 aromatic heterocycles. The minimum atomic E-state index is -3.48. The van der Waals surface area contributed by atoms with E-state index in [1.807, 2.05) is 0 Å². The number of nitrogens with one attached hydrogen (secondary N) is 2. The molecule has 0 aromatic carbocycles. The van der Waals surface area contributed by atoms with Gasteiger partial charge in [-0.1, -0.05) is 5.21 Å². The van der Waals surface area contributed by atoms with Gasteiger partial charge in [0.15, 0.2) is 11.5 Å². The van der Waals surface area contributed by atoms with Crippen molar-refractivity contribution >= 4 is 27.6 Å². The van der Waals surface area contributed by atoms with E-state index in [-0.39, 0.29) is 23.8 Å². The predicted octanol–water partition coefficient (Wildman–Crippen LogP) is 0.485. The first kappa shape index (κ1) is 17.6. The fourth-order valence-corrected chi connectivity index (χ4v) is 2.53. The van der Waals surface area contributed by atoms with Crippen molar-refractivity contribution in [2.45, 2.75) is 6.61 Å². The Hall–Kier alpha value is -2.73. The molecule has 0 atom stereocenters. The van der Waals surface area contributed by atoms with Gasteiger partial charge in [-0.15, -0.1) is 5.10 Å². The van der Waals surface area contributed by atoms with Crippen LogP contribution < -0.4 is 10.0 Å². The van der Waals surface area contributed by atoms with Gasteiger partial charge in [-0.3, -0.25) is 10.0 Å². The van der Waals surface area contributed by atoms with Gasteiger partial charge in [0.1, 0.15) is 0 Å². The van der Waals surface area contributed by atoms with Crippen LogP contribution in [0.15, 0.2) is 12.1 Å². The lowest BCUT2D eigenvalue weighted by atomic mass is 10.2. The van der Waals surface area contributed by atoms with Crippen molar-refractivity contribution in [3.8, 4) is 11.4 Å². The Labute approximate surface area is 137 Å². The van der Waals surface area contributed by atoms with Gasteiger partial charge in [-0.05, 0) is 12.1 Å². The number of hydrogen-bond donors (Lipinski definition) is 3. The number of anilines is 2. The van der Waals surface area contributed by atoms with E-state index in [4.69, 9.17) is 9.84 Å². The molecule has 0 aliphatic heterocycles. The Morgan fingerprint density at radius 3 is 2.71 bits per heavy atom. The first-order chi connectivity index (χ1) is 11.2. The monoisotopic (exact) mass is 356 g/mol. The molecule has 0 saturated heterocycles. The van der Waals surface area contributed by atoms with Crippen LogP contribution in [0.4, 0.5) is 16.3 Å². The average Bonchev–Trinajstić information content (AvgIpc) is 2.80. The molecule has 0 aliphatic carbocycles. The van der Waals surface area contributed by atoms with E-state index in [0.29, 0.717) is 11.4 Å². The third-order valence-corrected chi connectivity index (χ3v) is 3.44. The first-order valence-electron chi connectivity index (χ1n) is 6.58. The number of amides is 1. The van der Waals surface area contributed by atoms with Gasteiger partial charge in [-0.25, -0.2) is 22.9 Å². The summed E-state index contributed by atoms with van der Waals surface area (Å²) >= 11 is 0. The minimum absolute atomic E-state index is 0.0493. The second-order valence-corrected chi connectivity index (χ2v) is 6.59. The zero-order valence-electron chi connectivity index (χ0n) is 13.1. The van der Waals surface area contributed by atoms with Crippen LogP contribution in [0.25, 0.3) is 11.4 Å². The number of rotatable bonds is 6. The Morgan fingerprint density at radius 1 is 1.42 bits per heavy atom. The SMILES string of the molecule is COCc1nc(-c2nnn(C)c2NC(=O)O)ccc1NS(C)(=O)=O. The normalized spacial score (nSPS) is 11.3. The Balaban J connectivity index is 2.49. The first-order valence-corrected chi connectivity index (χ1v) is 8.47. The summed E-state index contributed by atoms with van der Waals surface area (Å²) in [5, 5.41) is 18.7. The van der Waals surface area contributed by atoms with Crippen LogP contribution in [-0.4, -0.2) is 53.0 Å². The van der Waals surface area contributed by atoms with E-state index in [2.05, 4.69) is 25.3 Å². The van der Waals surface area contributed by atoms with Crippen LogP contribution in [-0.2, 0) is 28.4 Å². The molecule has 0 unspecified atom stereocenters. The van der Waals surface area contributed by atoms with E-state index >= 15 is 0 Å². The minimum Gasteiger partial charge on any atom is -0.465 e. The number of carbonyl (C=O) groups is 1. The molecule has 0 aliphatic rings. The van der Waals surface area contributed by atoms with Gasteiger partial charge in [0, 0.05) is 14.2 Å². The smallest absolute Gasteiger partial charge is 0.410 e. The van der Waals surface area contributed by atoms with Crippen LogP contribution in [0, 0.1) is 0 Å². The molecule has 11 nitrogen and oxygen atoms in total. The number of sulfonamides is 1. The lowest BCUT2D eigenvalue weighted by Crippen LogP contribution is -2.13. The summed E-state index contributed by atoms with van der Waals surface area (Å²) in [5.41, 5.74) is 1.12. The van der Waals surface area contributed by atoms with E-state index in [1.54, 1.807) is 0 Å². The number of hydrogen-bond acceptors (Lipinski definition) is 7. The molecular weight excluding hydrogens is 340 g/mol. The zero-order chi connectivity index (χ0) is 17.9. The maximum Gasteiger partial charge on any atom is 0.410 e. The van der Waals surface area contributed by atoms with E-state index in [1.165, 1.54) is 31.0 Å². The van der Waals surface area contributed by atoms with Gasteiger partial charge in [0.05, 0.1) is 29.9 Å². The summed E-state index contributed by atoms with van der Waals surface area (Å²) in [5.74, 6) is 0.141.